The molecule has 3 N–H and O–H groups in total. The lowest BCUT2D eigenvalue weighted by Crippen LogP contribution is -2.47. The number of guanidine groups is 1. The molecule has 0 aliphatic carbocycles. The topological polar surface area (TPSA) is 53.6 Å². The van der Waals surface area contributed by atoms with E-state index in [1.165, 1.54) is 0 Å². The molecule has 4 nitrogen and oxygen atoms in total. The van der Waals surface area contributed by atoms with Crippen LogP contribution in [0.25, 0.3) is 0 Å². The highest BCUT2D eigenvalue weighted by molar-refractivity contribution is 5.79. The lowest BCUT2D eigenvalue weighted by molar-refractivity contribution is 0.318. The molecule has 0 unspecified atom stereocenters. The molecule has 84 valence electrons. The molecule has 0 radical (unpaired) electrons. The first-order valence-electron chi connectivity index (χ1n) is 5.19. The Bertz CT molecular complexity index is 165. The largest absolute Gasteiger partial charge is 0.341 e. The van der Waals surface area contributed by atoms with E-state index in [-0.39, 0.29) is 0 Å². The van der Waals surface area contributed by atoms with E-state index in [9.17, 15) is 0 Å². The second kappa shape index (κ2) is 6.65. The van der Waals surface area contributed by atoms with Gasteiger partial charge < -0.3 is 4.90 Å². The van der Waals surface area contributed by atoms with Gasteiger partial charge in [-0.05, 0) is 11.8 Å². The Labute approximate surface area is 87.5 Å². The molecule has 0 fully saturated rings. The third kappa shape index (κ3) is 5.07. The zero-order valence-corrected chi connectivity index (χ0v) is 10.0. The van der Waals surface area contributed by atoms with Crippen molar-refractivity contribution in [1.29, 1.82) is 0 Å². The average molecular weight is 200 g/mol. The smallest absolute Gasteiger partial charge is 0.208 e. The number of nitrogens with one attached hydrogen (secondary N) is 1. The molecule has 0 aliphatic rings. The molecule has 0 heterocycles. The predicted molar refractivity (Wildman–Crippen MR) is 61.9 cm³/mol. The third-order valence-corrected chi connectivity index (χ3v) is 1.81. The van der Waals surface area contributed by atoms with E-state index in [2.05, 4.69) is 43.0 Å². The summed E-state index contributed by atoms with van der Waals surface area (Å²) >= 11 is 0. The van der Waals surface area contributed by atoms with Gasteiger partial charge in [0.15, 0.2) is 0 Å². The maximum Gasteiger partial charge on any atom is 0.208 e. The van der Waals surface area contributed by atoms with Crippen molar-refractivity contribution in [3.8, 4) is 0 Å². The summed E-state index contributed by atoms with van der Waals surface area (Å²) in [4.78, 5) is 6.31. The first kappa shape index (κ1) is 13.2. The zero-order chi connectivity index (χ0) is 11.1. The van der Waals surface area contributed by atoms with Crippen LogP contribution in [0.2, 0.25) is 0 Å². The Morgan fingerprint density at radius 3 is 1.86 bits per heavy atom. The number of hydrogen-bond donors (Lipinski definition) is 2. The SMILES string of the molecule is CN=C(NN)N(CC(C)C)CC(C)C. The molecule has 4 heteroatoms. The predicted octanol–water partition coefficient (Wildman–Crippen LogP) is 1.05. The summed E-state index contributed by atoms with van der Waals surface area (Å²) in [5, 5.41) is 0. The van der Waals surface area contributed by atoms with E-state index in [0.717, 1.165) is 19.0 Å². The summed E-state index contributed by atoms with van der Waals surface area (Å²) in [6, 6.07) is 0. The molecule has 0 bridgehead atoms. The van der Waals surface area contributed by atoms with E-state index in [0.29, 0.717) is 11.8 Å². The number of hydrogen-bond acceptors (Lipinski definition) is 2. The van der Waals surface area contributed by atoms with Crippen molar-refractivity contribution in [2.45, 2.75) is 27.7 Å². The fourth-order valence-corrected chi connectivity index (χ4v) is 1.43. The van der Waals surface area contributed by atoms with E-state index >= 15 is 0 Å². The minimum Gasteiger partial charge on any atom is -0.341 e. The molecule has 0 atom stereocenters. The summed E-state index contributed by atoms with van der Waals surface area (Å²) in [5.41, 5.74) is 2.64. The van der Waals surface area contributed by atoms with Crippen LogP contribution in [0.15, 0.2) is 4.99 Å². The van der Waals surface area contributed by atoms with Crippen LogP contribution in [0.5, 0.6) is 0 Å². The van der Waals surface area contributed by atoms with E-state index in [4.69, 9.17) is 5.84 Å². The Kier molecular flexibility index (Phi) is 6.28. The Morgan fingerprint density at radius 2 is 1.64 bits per heavy atom. The molecule has 0 saturated heterocycles. The van der Waals surface area contributed by atoms with E-state index in [1.54, 1.807) is 7.05 Å². The van der Waals surface area contributed by atoms with Crippen LogP contribution in [0.3, 0.4) is 0 Å². The van der Waals surface area contributed by atoms with E-state index < -0.39 is 0 Å². The quantitative estimate of drug-likeness (QED) is 0.309. The van der Waals surface area contributed by atoms with Crippen LogP contribution in [0, 0.1) is 11.8 Å². The maximum atomic E-state index is 5.41. The minimum atomic E-state index is 0.610. The van der Waals surface area contributed by atoms with Crippen molar-refractivity contribution in [3.63, 3.8) is 0 Å². The Morgan fingerprint density at radius 1 is 1.21 bits per heavy atom. The van der Waals surface area contributed by atoms with Gasteiger partial charge in [0.05, 0.1) is 0 Å². The van der Waals surface area contributed by atoms with Gasteiger partial charge in [0.1, 0.15) is 0 Å². The summed E-state index contributed by atoms with van der Waals surface area (Å²) in [6.45, 7) is 10.7. The molecular weight excluding hydrogens is 176 g/mol. The van der Waals surface area contributed by atoms with Crippen LogP contribution >= 0.6 is 0 Å². The molecule has 0 aromatic carbocycles. The van der Waals surface area contributed by atoms with Crippen LogP contribution < -0.4 is 11.3 Å². The van der Waals surface area contributed by atoms with Gasteiger partial charge in [0.25, 0.3) is 0 Å². The van der Waals surface area contributed by atoms with Gasteiger partial charge in [-0.15, -0.1) is 0 Å². The highest BCUT2D eigenvalue weighted by Gasteiger charge is 2.12. The maximum absolute atomic E-state index is 5.41. The number of hydrazine groups is 1. The van der Waals surface area contributed by atoms with Crippen molar-refractivity contribution >= 4 is 5.96 Å². The number of rotatable bonds is 4. The van der Waals surface area contributed by atoms with Crippen LogP contribution in [-0.4, -0.2) is 31.0 Å². The minimum absolute atomic E-state index is 0.610. The highest BCUT2D eigenvalue weighted by atomic mass is 15.4. The molecule has 0 aromatic rings. The lowest BCUT2D eigenvalue weighted by atomic mass is 10.1. The van der Waals surface area contributed by atoms with Gasteiger partial charge in [-0.3, -0.25) is 10.4 Å². The van der Waals surface area contributed by atoms with Crippen molar-refractivity contribution < 1.29 is 0 Å². The van der Waals surface area contributed by atoms with Gasteiger partial charge in [-0.1, -0.05) is 27.7 Å². The standard InChI is InChI=1S/C10H24N4/c1-8(2)6-14(7-9(3)4)10(12-5)13-11/h8-9H,6-7,11H2,1-5H3,(H,12,13). The lowest BCUT2D eigenvalue weighted by Gasteiger charge is -2.28. The molecule has 0 aliphatic heterocycles. The summed E-state index contributed by atoms with van der Waals surface area (Å²) in [5.74, 6) is 7.40. The van der Waals surface area contributed by atoms with Gasteiger partial charge in [0.2, 0.25) is 5.96 Å². The highest BCUT2D eigenvalue weighted by Crippen LogP contribution is 2.03. The molecule has 0 rings (SSSR count). The normalized spacial score (nSPS) is 12.4. The van der Waals surface area contributed by atoms with Crippen LogP contribution in [-0.2, 0) is 0 Å². The van der Waals surface area contributed by atoms with Crippen molar-refractivity contribution in [3.05, 3.63) is 0 Å². The van der Waals surface area contributed by atoms with Gasteiger partial charge in [-0.25, -0.2) is 5.84 Å². The summed E-state index contributed by atoms with van der Waals surface area (Å²) in [6.07, 6.45) is 0. The molecule has 0 aromatic heterocycles. The third-order valence-electron chi connectivity index (χ3n) is 1.81. The zero-order valence-electron chi connectivity index (χ0n) is 10.0. The van der Waals surface area contributed by atoms with Crippen LogP contribution in [0.1, 0.15) is 27.7 Å². The molecule has 14 heavy (non-hydrogen) atoms. The second-order valence-corrected chi connectivity index (χ2v) is 4.38. The van der Waals surface area contributed by atoms with Gasteiger partial charge >= 0.3 is 0 Å². The van der Waals surface area contributed by atoms with Gasteiger partial charge in [-0.2, -0.15) is 0 Å². The first-order valence-corrected chi connectivity index (χ1v) is 5.19. The monoisotopic (exact) mass is 200 g/mol. The number of aliphatic imine (C=N–C) groups is 1. The summed E-state index contributed by atoms with van der Waals surface area (Å²) < 4.78 is 0. The number of nitrogens with two attached hydrogens (primary N) is 1. The molecule has 0 saturated carbocycles. The van der Waals surface area contributed by atoms with Crippen molar-refractivity contribution in [1.82, 2.24) is 10.3 Å². The fraction of sp³-hybridized carbons (Fsp3) is 0.900. The Balaban J connectivity index is 4.37. The average Bonchev–Trinajstić information content (AvgIpc) is 2.03. The number of nitrogens with zero attached hydrogens (tertiary/aromatic N) is 2. The van der Waals surface area contributed by atoms with E-state index in [1.807, 2.05) is 0 Å². The second-order valence-electron chi connectivity index (χ2n) is 4.38. The van der Waals surface area contributed by atoms with Crippen LogP contribution in [0.4, 0.5) is 0 Å². The van der Waals surface area contributed by atoms with Crippen molar-refractivity contribution in [2.24, 2.45) is 22.7 Å². The molecular formula is C10H24N4. The fourth-order valence-electron chi connectivity index (χ4n) is 1.43. The first-order chi connectivity index (χ1) is 6.51. The van der Waals surface area contributed by atoms with Crippen molar-refractivity contribution in [2.75, 3.05) is 20.1 Å². The van der Waals surface area contributed by atoms with Gasteiger partial charge in [0, 0.05) is 20.1 Å². The Hall–Kier alpha value is -0.770. The summed E-state index contributed by atoms with van der Waals surface area (Å²) in [7, 11) is 1.75. The molecule has 0 amide bonds. The molecule has 0 spiro atoms.